The van der Waals surface area contributed by atoms with Crippen LogP contribution in [0.4, 0.5) is 0 Å². The maximum Gasteiger partial charge on any atom is 0.339 e. The lowest BCUT2D eigenvalue weighted by molar-refractivity contribution is -0.261. The Morgan fingerprint density at radius 3 is 2.59 bits per heavy atom. The molecule has 0 amide bonds. The second kappa shape index (κ2) is 6.08. The van der Waals surface area contributed by atoms with E-state index in [4.69, 9.17) is 23.4 Å². The van der Waals surface area contributed by atoms with Gasteiger partial charge in [-0.05, 0) is 45.1 Å². The molecular weight excluding hydrogens is 440 g/mol. The molecule has 0 bridgehead atoms. The number of epoxide rings is 1. The summed E-state index contributed by atoms with van der Waals surface area (Å²) in [5, 5.41) is 11.9. The van der Waals surface area contributed by atoms with E-state index >= 15 is 0 Å². The quantitative estimate of drug-likeness (QED) is 0.491. The van der Waals surface area contributed by atoms with E-state index in [2.05, 4.69) is 27.7 Å². The third kappa shape index (κ3) is 2.07. The molecule has 2 aliphatic carbocycles. The molecule has 5 heterocycles. The van der Waals surface area contributed by atoms with Gasteiger partial charge in [0.05, 0.1) is 36.8 Å². The van der Waals surface area contributed by atoms with Gasteiger partial charge in [0.15, 0.2) is 6.10 Å². The molecule has 8 heteroatoms. The first-order chi connectivity index (χ1) is 16.0. The monoisotopic (exact) mass is 472 g/mol. The van der Waals surface area contributed by atoms with Gasteiger partial charge in [0.25, 0.3) is 0 Å². The summed E-state index contributed by atoms with van der Waals surface area (Å²) >= 11 is 0. The van der Waals surface area contributed by atoms with Crippen LogP contribution in [-0.4, -0.2) is 53.2 Å². The number of fused-ring (bicyclic) bond motifs is 1. The maximum atomic E-state index is 13.2. The zero-order chi connectivity index (χ0) is 23.9. The van der Waals surface area contributed by atoms with Crippen molar-refractivity contribution in [1.29, 1.82) is 0 Å². The Labute approximate surface area is 198 Å². The molecule has 4 saturated heterocycles. The molecule has 1 N–H and O–H groups in total. The van der Waals surface area contributed by atoms with Crippen molar-refractivity contribution in [3.8, 4) is 0 Å². The number of furan rings is 1. The largest absolute Gasteiger partial charge is 0.472 e. The minimum atomic E-state index is -0.877. The Balaban J connectivity index is 1.40. The van der Waals surface area contributed by atoms with Crippen molar-refractivity contribution in [2.75, 3.05) is 6.61 Å². The summed E-state index contributed by atoms with van der Waals surface area (Å²) in [6, 6.07) is 1.84. The van der Waals surface area contributed by atoms with Crippen LogP contribution in [0.1, 0.15) is 65.0 Å². The highest BCUT2D eigenvalue weighted by Gasteiger charge is 2.89. The Morgan fingerprint density at radius 2 is 1.85 bits per heavy atom. The summed E-state index contributed by atoms with van der Waals surface area (Å²) in [5.41, 5.74) is -2.27. The lowest BCUT2D eigenvalue weighted by Crippen LogP contribution is -2.73. The van der Waals surface area contributed by atoms with Crippen LogP contribution in [0.25, 0.3) is 0 Å². The third-order valence-corrected chi connectivity index (χ3v) is 11.0. The second-order valence-corrected chi connectivity index (χ2v) is 12.4. The fourth-order valence-corrected chi connectivity index (χ4v) is 9.62. The summed E-state index contributed by atoms with van der Waals surface area (Å²) in [6.45, 7) is 8.63. The van der Waals surface area contributed by atoms with E-state index in [1.54, 1.807) is 12.5 Å². The number of rotatable bonds is 1. The van der Waals surface area contributed by atoms with Gasteiger partial charge in [-0.15, -0.1) is 0 Å². The van der Waals surface area contributed by atoms with E-state index in [9.17, 15) is 14.7 Å². The maximum absolute atomic E-state index is 13.2. The van der Waals surface area contributed by atoms with Crippen LogP contribution in [0.15, 0.2) is 23.0 Å². The van der Waals surface area contributed by atoms with Crippen molar-refractivity contribution in [2.24, 2.45) is 28.1 Å². The summed E-state index contributed by atoms with van der Waals surface area (Å²) in [5.74, 6) is -0.625. The molecule has 8 nitrogen and oxygen atoms in total. The van der Waals surface area contributed by atoms with Crippen molar-refractivity contribution >= 4 is 11.9 Å². The van der Waals surface area contributed by atoms with E-state index < -0.39 is 45.8 Å². The molecule has 0 radical (unpaired) electrons. The first-order valence-corrected chi connectivity index (χ1v) is 12.4. The fraction of sp³-hybridized carbons (Fsp3) is 0.769. The number of esters is 2. The molecule has 7 rings (SSSR count). The van der Waals surface area contributed by atoms with Crippen molar-refractivity contribution in [3.05, 3.63) is 24.2 Å². The highest BCUT2D eigenvalue weighted by atomic mass is 16.7. The van der Waals surface area contributed by atoms with Gasteiger partial charge in [-0.25, -0.2) is 4.79 Å². The molecule has 184 valence electrons. The number of cyclic esters (lactones) is 2. The molecule has 2 spiro atoms. The van der Waals surface area contributed by atoms with Crippen LogP contribution in [0.5, 0.6) is 0 Å². The molecule has 0 unspecified atom stereocenters. The van der Waals surface area contributed by atoms with Gasteiger partial charge in [0.2, 0.25) is 0 Å². The van der Waals surface area contributed by atoms with E-state index in [0.29, 0.717) is 6.42 Å². The fourth-order valence-electron chi connectivity index (χ4n) is 9.62. The zero-order valence-electron chi connectivity index (χ0n) is 20.0. The second-order valence-electron chi connectivity index (χ2n) is 12.4. The number of hydrogen-bond acceptors (Lipinski definition) is 8. The Morgan fingerprint density at radius 1 is 1.06 bits per heavy atom. The van der Waals surface area contributed by atoms with Gasteiger partial charge in [0.1, 0.15) is 18.3 Å². The number of carbonyl (C=O) groups is 2. The highest BCUT2D eigenvalue weighted by molar-refractivity contribution is 5.82. The van der Waals surface area contributed by atoms with Gasteiger partial charge in [-0.2, -0.15) is 0 Å². The predicted octanol–water partition coefficient (Wildman–Crippen LogP) is 2.93. The van der Waals surface area contributed by atoms with Crippen LogP contribution in [0.3, 0.4) is 0 Å². The first-order valence-electron chi connectivity index (χ1n) is 12.4. The summed E-state index contributed by atoms with van der Waals surface area (Å²) in [4.78, 5) is 25.5. The van der Waals surface area contributed by atoms with Gasteiger partial charge in [-0.3, -0.25) is 4.79 Å². The molecule has 1 aromatic rings. The Kier molecular flexibility index (Phi) is 3.82. The van der Waals surface area contributed by atoms with Crippen molar-refractivity contribution < 1.29 is 38.1 Å². The van der Waals surface area contributed by atoms with Crippen LogP contribution < -0.4 is 0 Å². The summed E-state index contributed by atoms with van der Waals surface area (Å²) in [7, 11) is 0. The number of hydrogen-bond donors (Lipinski definition) is 1. The number of ether oxygens (including phenoxy) is 4. The van der Waals surface area contributed by atoms with Gasteiger partial charge < -0.3 is 28.5 Å². The topological polar surface area (TPSA) is 108 Å². The molecule has 4 aliphatic heterocycles. The van der Waals surface area contributed by atoms with Crippen LogP contribution in [0, 0.1) is 28.1 Å². The molecule has 0 aromatic carbocycles. The zero-order valence-corrected chi connectivity index (χ0v) is 20.0. The SMILES string of the molecule is CC1(C)O[C@H]2CC(=O)OC[C@]23[C@H]2CC[C@@]4(C)[C@H](c5ccoc5)OC(=O)[C@H]5O[C@]54[C@]2(C)[C@H](O)C[C@@H]13. The molecule has 1 aromatic heterocycles. The smallest absolute Gasteiger partial charge is 0.339 e. The third-order valence-electron chi connectivity index (χ3n) is 11.0. The number of aliphatic hydroxyl groups is 1. The van der Waals surface area contributed by atoms with Gasteiger partial charge in [0, 0.05) is 27.7 Å². The molecule has 10 atom stereocenters. The van der Waals surface area contributed by atoms with E-state index in [0.717, 1.165) is 18.4 Å². The molecular formula is C26H32O8. The molecule has 2 saturated carbocycles. The Bertz CT molecular complexity index is 1080. The van der Waals surface area contributed by atoms with E-state index in [1.165, 1.54) is 0 Å². The summed E-state index contributed by atoms with van der Waals surface area (Å²) in [6.07, 6.45) is 3.27. The normalized spacial score (nSPS) is 54.5. The minimum absolute atomic E-state index is 0.0318. The van der Waals surface area contributed by atoms with E-state index in [-0.39, 0.29) is 42.9 Å². The standard InChI is InChI=1S/C26H32O8/c1-22(2)15-9-16(27)24(4)14(25(15)12-31-18(28)10-17(25)33-22)5-7-23(3)19(13-6-8-30-11-13)32-21(29)20-26(23,24)34-20/h6,8,11,14-17,19-20,27H,5,7,9-10,12H2,1-4H3/t14-,15-,16+,17-,19-,20+,23-,24-,25+,26+/m0/s1. The van der Waals surface area contributed by atoms with Gasteiger partial charge >= 0.3 is 11.9 Å². The predicted molar refractivity (Wildman–Crippen MR) is 115 cm³/mol. The van der Waals surface area contributed by atoms with Crippen molar-refractivity contribution in [3.63, 3.8) is 0 Å². The molecule has 6 aliphatic rings. The van der Waals surface area contributed by atoms with Crippen LogP contribution in [-0.2, 0) is 28.5 Å². The minimum Gasteiger partial charge on any atom is -0.472 e. The summed E-state index contributed by atoms with van der Waals surface area (Å²) < 4.78 is 30.0. The Hall–Kier alpha value is -1.90. The number of aliphatic hydroxyl groups excluding tert-OH is 1. The average molecular weight is 473 g/mol. The number of carbonyl (C=O) groups excluding carboxylic acids is 2. The van der Waals surface area contributed by atoms with Crippen molar-refractivity contribution in [2.45, 2.75) is 89.0 Å². The van der Waals surface area contributed by atoms with Crippen molar-refractivity contribution in [1.82, 2.24) is 0 Å². The van der Waals surface area contributed by atoms with Crippen LogP contribution in [0.2, 0.25) is 0 Å². The van der Waals surface area contributed by atoms with Crippen LogP contribution >= 0.6 is 0 Å². The molecule has 34 heavy (non-hydrogen) atoms. The average Bonchev–Trinajstić information content (AvgIpc) is 3.26. The highest BCUT2D eigenvalue weighted by Crippen LogP contribution is 2.80. The molecule has 6 fully saturated rings. The van der Waals surface area contributed by atoms with E-state index in [1.807, 2.05) is 6.07 Å². The van der Waals surface area contributed by atoms with Gasteiger partial charge in [-0.1, -0.05) is 13.8 Å². The first kappa shape index (κ1) is 21.4. The lowest BCUT2D eigenvalue weighted by atomic mass is 9.36. The lowest BCUT2D eigenvalue weighted by Gasteiger charge is -2.67.